The van der Waals surface area contributed by atoms with Crippen LogP contribution in [0.4, 0.5) is 8.78 Å². The standard InChI is InChI=1S/C14H12BrClF2N2/c15-11-5-4-9(17)7-10(11)13(20-19)6-8-2-1-3-12(18)14(8)16/h1-5,7,13,20H,6,19H2. The van der Waals surface area contributed by atoms with Crippen molar-refractivity contribution in [1.82, 2.24) is 5.43 Å². The van der Waals surface area contributed by atoms with E-state index in [1.165, 1.54) is 18.2 Å². The summed E-state index contributed by atoms with van der Waals surface area (Å²) in [6.07, 6.45) is 0.342. The van der Waals surface area contributed by atoms with Crippen molar-refractivity contribution in [1.29, 1.82) is 0 Å². The summed E-state index contributed by atoms with van der Waals surface area (Å²) in [7, 11) is 0. The average Bonchev–Trinajstić information content (AvgIpc) is 2.43. The van der Waals surface area contributed by atoms with Crippen LogP contribution in [-0.4, -0.2) is 0 Å². The van der Waals surface area contributed by atoms with E-state index >= 15 is 0 Å². The summed E-state index contributed by atoms with van der Waals surface area (Å²) in [4.78, 5) is 0. The molecule has 2 rings (SSSR count). The molecule has 0 aliphatic rings. The number of hydrazine groups is 1. The number of halogens is 4. The van der Waals surface area contributed by atoms with Crippen LogP contribution in [0.25, 0.3) is 0 Å². The van der Waals surface area contributed by atoms with Crippen LogP contribution in [0.2, 0.25) is 5.02 Å². The fourth-order valence-corrected chi connectivity index (χ4v) is 2.69. The molecule has 0 aromatic heterocycles. The van der Waals surface area contributed by atoms with Crippen molar-refractivity contribution in [3.05, 3.63) is 68.7 Å². The lowest BCUT2D eigenvalue weighted by atomic mass is 9.99. The normalized spacial score (nSPS) is 12.4. The first-order valence-electron chi connectivity index (χ1n) is 5.87. The van der Waals surface area contributed by atoms with Gasteiger partial charge in [0.15, 0.2) is 0 Å². The van der Waals surface area contributed by atoms with Gasteiger partial charge in [-0.25, -0.2) is 8.78 Å². The van der Waals surface area contributed by atoms with Crippen LogP contribution < -0.4 is 11.3 Å². The van der Waals surface area contributed by atoms with Gasteiger partial charge in [0.05, 0.1) is 11.1 Å². The topological polar surface area (TPSA) is 38.0 Å². The molecule has 1 unspecified atom stereocenters. The number of nitrogens with one attached hydrogen (secondary N) is 1. The quantitative estimate of drug-likeness (QED) is 0.635. The Morgan fingerprint density at radius 1 is 1.25 bits per heavy atom. The maximum atomic E-state index is 13.4. The van der Waals surface area contributed by atoms with Crippen LogP contribution in [0.5, 0.6) is 0 Å². The Morgan fingerprint density at radius 3 is 2.70 bits per heavy atom. The average molecular weight is 362 g/mol. The second kappa shape index (κ2) is 6.63. The minimum Gasteiger partial charge on any atom is -0.271 e. The number of hydrogen-bond acceptors (Lipinski definition) is 2. The van der Waals surface area contributed by atoms with Gasteiger partial charge in [-0.3, -0.25) is 11.3 Å². The van der Waals surface area contributed by atoms with E-state index in [1.807, 2.05) is 0 Å². The third-order valence-electron chi connectivity index (χ3n) is 2.99. The number of nitrogens with two attached hydrogens (primary N) is 1. The Hall–Kier alpha value is -1.01. The Morgan fingerprint density at radius 2 is 2.00 bits per heavy atom. The summed E-state index contributed by atoms with van der Waals surface area (Å²) in [6, 6.07) is 8.50. The van der Waals surface area contributed by atoms with Crippen LogP contribution in [0.3, 0.4) is 0 Å². The molecular weight excluding hydrogens is 350 g/mol. The van der Waals surface area contributed by atoms with E-state index < -0.39 is 5.82 Å². The Bertz CT molecular complexity index is 622. The summed E-state index contributed by atoms with van der Waals surface area (Å²) in [5.41, 5.74) is 3.85. The Balaban J connectivity index is 2.34. The molecule has 0 aliphatic carbocycles. The van der Waals surface area contributed by atoms with E-state index in [9.17, 15) is 8.78 Å². The monoisotopic (exact) mass is 360 g/mol. The van der Waals surface area contributed by atoms with E-state index in [0.717, 1.165) is 4.47 Å². The second-order valence-electron chi connectivity index (χ2n) is 4.30. The van der Waals surface area contributed by atoms with Gasteiger partial charge in [0.1, 0.15) is 11.6 Å². The summed E-state index contributed by atoms with van der Waals surface area (Å²) < 4.78 is 27.5. The third-order valence-corrected chi connectivity index (χ3v) is 4.14. The van der Waals surface area contributed by atoms with E-state index in [-0.39, 0.29) is 16.9 Å². The highest BCUT2D eigenvalue weighted by atomic mass is 79.9. The molecule has 0 spiro atoms. The minimum atomic E-state index is -0.488. The molecule has 2 aromatic rings. The first-order chi connectivity index (χ1) is 9.52. The number of hydrogen-bond donors (Lipinski definition) is 2. The molecular formula is C14H12BrClF2N2. The molecule has 0 heterocycles. The molecule has 0 bridgehead atoms. The smallest absolute Gasteiger partial charge is 0.142 e. The van der Waals surface area contributed by atoms with Crippen molar-refractivity contribution in [2.45, 2.75) is 12.5 Å². The van der Waals surface area contributed by atoms with Crippen molar-refractivity contribution < 1.29 is 8.78 Å². The molecule has 6 heteroatoms. The summed E-state index contributed by atoms with van der Waals surface area (Å²) in [5.74, 6) is 4.68. The van der Waals surface area contributed by atoms with E-state index in [4.69, 9.17) is 17.4 Å². The first-order valence-corrected chi connectivity index (χ1v) is 7.04. The SMILES string of the molecule is NNC(Cc1cccc(F)c1Cl)c1cc(F)ccc1Br. The highest BCUT2D eigenvalue weighted by Gasteiger charge is 2.17. The summed E-state index contributed by atoms with van der Waals surface area (Å²) in [6.45, 7) is 0. The van der Waals surface area contributed by atoms with Crippen molar-refractivity contribution >= 4 is 27.5 Å². The third kappa shape index (κ3) is 3.35. The van der Waals surface area contributed by atoms with Gasteiger partial charge in [-0.2, -0.15) is 0 Å². The molecule has 2 aromatic carbocycles. The van der Waals surface area contributed by atoms with Gasteiger partial charge in [0.25, 0.3) is 0 Å². The van der Waals surface area contributed by atoms with E-state index in [2.05, 4.69) is 21.4 Å². The second-order valence-corrected chi connectivity index (χ2v) is 5.53. The molecule has 0 amide bonds. The molecule has 0 radical (unpaired) electrons. The molecule has 0 fully saturated rings. The molecule has 0 saturated carbocycles. The zero-order valence-corrected chi connectivity index (χ0v) is 12.7. The van der Waals surface area contributed by atoms with Gasteiger partial charge in [-0.15, -0.1) is 0 Å². The molecule has 106 valence electrons. The fraction of sp³-hybridized carbons (Fsp3) is 0.143. The van der Waals surface area contributed by atoms with Crippen LogP contribution in [0.1, 0.15) is 17.2 Å². The van der Waals surface area contributed by atoms with Crippen molar-refractivity contribution in [3.8, 4) is 0 Å². The van der Waals surface area contributed by atoms with Crippen molar-refractivity contribution in [2.24, 2.45) is 5.84 Å². The van der Waals surface area contributed by atoms with Crippen LogP contribution >= 0.6 is 27.5 Å². The lowest BCUT2D eigenvalue weighted by Crippen LogP contribution is -2.30. The summed E-state index contributed by atoms with van der Waals surface area (Å²) in [5, 5.41) is 0.0558. The largest absolute Gasteiger partial charge is 0.271 e. The lowest BCUT2D eigenvalue weighted by Gasteiger charge is -2.19. The lowest BCUT2D eigenvalue weighted by molar-refractivity contribution is 0.540. The van der Waals surface area contributed by atoms with Gasteiger partial charge in [0, 0.05) is 4.47 Å². The predicted molar refractivity (Wildman–Crippen MR) is 79.3 cm³/mol. The minimum absolute atomic E-state index is 0.0558. The van der Waals surface area contributed by atoms with Crippen LogP contribution in [0.15, 0.2) is 40.9 Å². The zero-order chi connectivity index (χ0) is 14.7. The molecule has 20 heavy (non-hydrogen) atoms. The van der Waals surface area contributed by atoms with Gasteiger partial charge in [-0.05, 0) is 41.8 Å². The maximum absolute atomic E-state index is 13.4. The summed E-state index contributed by atoms with van der Waals surface area (Å²) >= 11 is 9.27. The molecule has 1 atom stereocenters. The molecule has 2 nitrogen and oxygen atoms in total. The van der Waals surface area contributed by atoms with Crippen LogP contribution in [0, 0.1) is 11.6 Å². The predicted octanol–water partition coefficient (Wildman–Crippen LogP) is 4.13. The van der Waals surface area contributed by atoms with E-state index in [0.29, 0.717) is 17.5 Å². The Labute approximate surface area is 129 Å². The fourth-order valence-electron chi connectivity index (χ4n) is 1.97. The van der Waals surface area contributed by atoms with Gasteiger partial charge >= 0.3 is 0 Å². The number of benzene rings is 2. The van der Waals surface area contributed by atoms with Crippen molar-refractivity contribution in [3.63, 3.8) is 0 Å². The van der Waals surface area contributed by atoms with Gasteiger partial charge in [0.2, 0.25) is 0 Å². The van der Waals surface area contributed by atoms with Gasteiger partial charge in [-0.1, -0.05) is 39.7 Å². The highest BCUT2D eigenvalue weighted by molar-refractivity contribution is 9.10. The van der Waals surface area contributed by atoms with E-state index in [1.54, 1.807) is 18.2 Å². The Kier molecular flexibility index (Phi) is 5.10. The molecule has 0 saturated heterocycles. The molecule has 3 N–H and O–H groups in total. The van der Waals surface area contributed by atoms with Crippen molar-refractivity contribution in [2.75, 3.05) is 0 Å². The van der Waals surface area contributed by atoms with Crippen LogP contribution in [-0.2, 0) is 6.42 Å². The zero-order valence-electron chi connectivity index (χ0n) is 10.3. The van der Waals surface area contributed by atoms with Gasteiger partial charge < -0.3 is 0 Å². The molecule has 0 aliphatic heterocycles. The number of rotatable bonds is 4. The maximum Gasteiger partial charge on any atom is 0.142 e. The highest BCUT2D eigenvalue weighted by Crippen LogP contribution is 2.29. The first kappa shape index (κ1) is 15.4.